The Morgan fingerprint density at radius 3 is 2.73 bits per heavy atom. The van der Waals surface area contributed by atoms with Crippen molar-refractivity contribution in [2.45, 2.75) is 44.6 Å². The molecule has 0 bridgehead atoms. The maximum atomic E-state index is 12.5. The van der Waals surface area contributed by atoms with E-state index in [9.17, 15) is 4.79 Å². The van der Waals surface area contributed by atoms with Crippen molar-refractivity contribution in [3.05, 3.63) is 40.9 Å². The van der Waals surface area contributed by atoms with E-state index >= 15 is 0 Å². The average molecular weight is 317 g/mol. The van der Waals surface area contributed by atoms with Crippen LogP contribution < -0.4 is 0 Å². The van der Waals surface area contributed by atoms with Crippen LogP contribution in [0.15, 0.2) is 30.3 Å². The van der Waals surface area contributed by atoms with Crippen molar-refractivity contribution in [1.82, 2.24) is 4.90 Å². The summed E-state index contributed by atoms with van der Waals surface area (Å²) in [5, 5.41) is 9.45. The maximum absolute atomic E-state index is 12.5. The van der Waals surface area contributed by atoms with Gasteiger partial charge in [0.1, 0.15) is 0 Å². The van der Waals surface area contributed by atoms with E-state index in [0.29, 0.717) is 18.0 Å². The molecule has 2 rings (SSSR count). The number of nitrogens with zero attached hydrogens (tertiary/aromatic N) is 2. The van der Waals surface area contributed by atoms with E-state index in [-0.39, 0.29) is 11.9 Å². The summed E-state index contributed by atoms with van der Waals surface area (Å²) in [6.45, 7) is 0.507. The Labute approximate surface area is 137 Å². The van der Waals surface area contributed by atoms with Crippen molar-refractivity contribution in [1.29, 1.82) is 5.26 Å². The zero-order valence-electron chi connectivity index (χ0n) is 12.7. The minimum absolute atomic E-state index is 0.0259. The minimum Gasteiger partial charge on any atom is -0.335 e. The number of halogens is 1. The summed E-state index contributed by atoms with van der Waals surface area (Å²) in [5.41, 5.74) is 0.835. The van der Waals surface area contributed by atoms with Crippen LogP contribution in [0.1, 0.15) is 44.1 Å². The van der Waals surface area contributed by atoms with Crippen LogP contribution in [0.25, 0.3) is 6.08 Å². The number of carbonyl (C=O) groups excluding carboxylic acids is 1. The van der Waals surface area contributed by atoms with Gasteiger partial charge in [0.05, 0.1) is 12.5 Å². The number of rotatable bonds is 5. The Bertz CT molecular complexity index is 571. The van der Waals surface area contributed by atoms with Crippen LogP contribution in [-0.2, 0) is 4.79 Å². The van der Waals surface area contributed by atoms with Gasteiger partial charge in [-0.25, -0.2) is 0 Å². The second kappa shape index (κ2) is 8.60. The second-order valence-corrected chi connectivity index (χ2v) is 5.99. The molecule has 0 aliphatic heterocycles. The molecule has 0 heterocycles. The Morgan fingerprint density at radius 2 is 2.05 bits per heavy atom. The Balaban J connectivity index is 2.07. The van der Waals surface area contributed by atoms with E-state index in [2.05, 4.69) is 6.07 Å². The van der Waals surface area contributed by atoms with Crippen LogP contribution in [0.3, 0.4) is 0 Å². The minimum atomic E-state index is -0.0259. The van der Waals surface area contributed by atoms with Crippen LogP contribution >= 0.6 is 11.6 Å². The lowest BCUT2D eigenvalue weighted by Gasteiger charge is -2.33. The number of hydrogen-bond donors (Lipinski definition) is 0. The normalized spacial score (nSPS) is 15.6. The third kappa shape index (κ3) is 4.61. The second-order valence-electron chi connectivity index (χ2n) is 5.59. The molecule has 0 unspecified atom stereocenters. The van der Waals surface area contributed by atoms with Gasteiger partial charge in [-0.15, -0.1) is 0 Å². The van der Waals surface area contributed by atoms with Crippen molar-refractivity contribution in [2.75, 3.05) is 6.54 Å². The first-order chi connectivity index (χ1) is 10.7. The van der Waals surface area contributed by atoms with Gasteiger partial charge < -0.3 is 4.90 Å². The van der Waals surface area contributed by atoms with E-state index in [4.69, 9.17) is 16.9 Å². The highest BCUT2D eigenvalue weighted by Gasteiger charge is 2.23. The zero-order chi connectivity index (χ0) is 15.8. The highest BCUT2D eigenvalue weighted by Crippen LogP contribution is 2.23. The number of amides is 1. The van der Waals surface area contributed by atoms with Crippen molar-refractivity contribution < 1.29 is 4.79 Å². The Morgan fingerprint density at radius 1 is 1.32 bits per heavy atom. The summed E-state index contributed by atoms with van der Waals surface area (Å²) in [5.74, 6) is -0.0259. The molecule has 4 heteroatoms. The first kappa shape index (κ1) is 16.6. The molecule has 0 spiro atoms. The molecule has 1 saturated carbocycles. The van der Waals surface area contributed by atoms with Crippen molar-refractivity contribution in [3.8, 4) is 6.07 Å². The first-order valence-electron chi connectivity index (χ1n) is 7.82. The first-order valence-corrected chi connectivity index (χ1v) is 8.20. The summed E-state index contributed by atoms with van der Waals surface area (Å²) < 4.78 is 0. The molecule has 3 nitrogen and oxygen atoms in total. The number of benzene rings is 1. The van der Waals surface area contributed by atoms with Gasteiger partial charge in [0, 0.05) is 23.7 Å². The largest absolute Gasteiger partial charge is 0.335 e. The Kier molecular flexibility index (Phi) is 6.48. The van der Waals surface area contributed by atoms with Crippen LogP contribution in [0.5, 0.6) is 0 Å². The summed E-state index contributed by atoms with van der Waals surface area (Å²) in [6, 6.07) is 9.85. The standard InChI is InChI=1S/C18H21ClN2O/c19-17-10-5-4-7-15(17)11-12-18(22)21(14-6-13-20)16-8-2-1-3-9-16/h4-5,7,10-12,16H,1-3,6,8-9,14H2/b12-11+. The van der Waals surface area contributed by atoms with E-state index in [0.717, 1.165) is 31.2 Å². The monoisotopic (exact) mass is 316 g/mol. The van der Waals surface area contributed by atoms with Gasteiger partial charge in [-0.1, -0.05) is 49.1 Å². The third-order valence-corrected chi connectivity index (χ3v) is 4.42. The molecule has 1 aliphatic rings. The van der Waals surface area contributed by atoms with Gasteiger partial charge in [-0.3, -0.25) is 4.79 Å². The smallest absolute Gasteiger partial charge is 0.246 e. The molecule has 1 aromatic carbocycles. The molecule has 0 N–H and O–H groups in total. The predicted molar refractivity (Wildman–Crippen MR) is 89.3 cm³/mol. The van der Waals surface area contributed by atoms with Gasteiger partial charge in [-0.2, -0.15) is 5.26 Å². The number of hydrogen-bond acceptors (Lipinski definition) is 2. The van der Waals surface area contributed by atoms with Crippen molar-refractivity contribution >= 4 is 23.6 Å². The van der Waals surface area contributed by atoms with Gasteiger partial charge >= 0.3 is 0 Å². The molecule has 0 atom stereocenters. The molecule has 1 amide bonds. The SMILES string of the molecule is N#CCCN(C(=O)/C=C/c1ccccc1Cl)C1CCCCC1. The fourth-order valence-electron chi connectivity index (χ4n) is 2.90. The number of carbonyl (C=O) groups is 1. The van der Waals surface area contributed by atoms with Crippen molar-refractivity contribution in [2.24, 2.45) is 0 Å². The molecule has 1 fully saturated rings. The summed E-state index contributed by atoms with van der Waals surface area (Å²) in [4.78, 5) is 14.4. The van der Waals surface area contributed by atoms with Crippen LogP contribution in [0, 0.1) is 11.3 Å². The van der Waals surface area contributed by atoms with E-state index in [1.54, 1.807) is 18.2 Å². The maximum Gasteiger partial charge on any atom is 0.246 e. The number of nitriles is 1. The quantitative estimate of drug-likeness (QED) is 0.754. The molecular weight excluding hydrogens is 296 g/mol. The topological polar surface area (TPSA) is 44.1 Å². The van der Waals surface area contributed by atoms with Crippen LogP contribution in [-0.4, -0.2) is 23.4 Å². The molecule has 0 radical (unpaired) electrons. The molecular formula is C18H21ClN2O. The summed E-state index contributed by atoms with van der Waals surface area (Å²) in [6.07, 6.45) is 9.35. The highest BCUT2D eigenvalue weighted by molar-refractivity contribution is 6.32. The summed E-state index contributed by atoms with van der Waals surface area (Å²) >= 11 is 6.10. The molecule has 116 valence electrons. The molecule has 0 aromatic heterocycles. The van der Waals surface area contributed by atoms with Gasteiger partial charge in [0.15, 0.2) is 0 Å². The van der Waals surface area contributed by atoms with Gasteiger partial charge in [0.25, 0.3) is 0 Å². The molecule has 22 heavy (non-hydrogen) atoms. The predicted octanol–water partition coefficient (Wildman–Crippen LogP) is 4.43. The highest BCUT2D eigenvalue weighted by atomic mass is 35.5. The van der Waals surface area contributed by atoms with Crippen LogP contribution in [0.2, 0.25) is 5.02 Å². The lowest BCUT2D eigenvalue weighted by atomic mass is 9.94. The molecule has 1 aromatic rings. The zero-order valence-corrected chi connectivity index (χ0v) is 13.4. The van der Waals surface area contributed by atoms with Gasteiger partial charge in [0.2, 0.25) is 5.91 Å². The van der Waals surface area contributed by atoms with Crippen molar-refractivity contribution in [3.63, 3.8) is 0 Å². The Hall–Kier alpha value is -1.79. The fraction of sp³-hybridized carbons (Fsp3) is 0.444. The fourth-order valence-corrected chi connectivity index (χ4v) is 3.10. The van der Waals surface area contributed by atoms with E-state index in [1.807, 2.05) is 23.1 Å². The lowest BCUT2D eigenvalue weighted by Crippen LogP contribution is -2.41. The summed E-state index contributed by atoms with van der Waals surface area (Å²) in [7, 11) is 0. The molecule has 1 aliphatic carbocycles. The lowest BCUT2D eigenvalue weighted by molar-refractivity contribution is -0.128. The van der Waals surface area contributed by atoms with E-state index in [1.165, 1.54) is 6.42 Å². The van der Waals surface area contributed by atoms with Gasteiger partial charge in [-0.05, 0) is 30.5 Å². The van der Waals surface area contributed by atoms with E-state index < -0.39 is 0 Å². The van der Waals surface area contributed by atoms with Crippen LogP contribution in [0.4, 0.5) is 0 Å². The third-order valence-electron chi connectivity index (χ3n) is 4.07. The average Bonchev–Trinajstić information content (AvgIpc) is 2.55. The molecule has 0 saturated heterocycles.